The Bertz CT molecular complexity index is 1030. The van der Waals surface area contributed by atoms with Gasteiger partial charge in [-0.3, -0.25) is 4.98 Å². The zero-order valence-electron chi connectivity index (χ0n) is 13.5. The summed E-state index contributed by atoms with van der Waals surface area (Å²) in [6.07, 6.45) is 1.75. The van der Waals surface area contributed by atoms with E-state index < -0.39 is 0 Å². The van der Waals surface area contributed by atoms with Crippen LogP contribution in [0.1, 0.15) is 11.1 Å². The highest BCUT2D eigenvalue weighted by molar-refractivity contribution is 6.33. The van der Waals surface area contributed by atoms with Gasteiger partial charge >= 0.3 is 0 Å². The van der Waals surface area contributed by atoms with Crippen molar-refractivity contribution in [2.75, 3.05) is 0 Å². The summed E-state index contributed by atoms with van der Waals surface area (Å²) in [6, 6.07) is 16.0. The van der Waals surface area contributed by atoms with E-state index >= 15 is 0 Å². The summed E-state index contributed by atoms with van der Waals surface area (Å²) in [7, 11) is 0. The first-order chi connectivity index (χ1) is 11.6. The highest BCUT2D eigenvalue weighted by Crippen LogP contribution is 2.28. The molecule has 0 saturated heterocycles. The number of hydrogen-bond acceptors (Lipinski definition) is 2. The van der Waals surface area contributed by atoms with Gasteiger partial charge in [0.05, 0.1) is 21.7 Å². The molecule has 0 saturated carbocycles. The quantitative estimate of drug-likeness (QED) is 0.521. The number of hydrogen-bond donors (Lipinski definition) is 1. The lowest BCUT2D eigenvalue weighted by atomic mass is 10.1. The van der Waals surface area contributed by atoms with Crippen LogP contribution in [0.25, 0.3) is 33.7 Å². The van der Waals surface area contributed by atoms with E-state index in [1.165, 1.54) is 11.1 Å². The van der Waals surface area contributed by atoms with Gasteiger partial charge in [0.15, 0.2) is 0 Å². The van der Waals surface area contributed by atoms with E-state index in [-0.39, 0.29) is 0 Å². The van der Waals surface area contributed by atoms with Gasteiger partial charge in [-0.1, -0.05) is 41.9 Å². The van der Waals surface area contributed by atoms with Crippen LogP contribution in [0.4, 0.5) is 0 Å². The second kappa shape index (κ2) is 5.77. The maximum Gasteiger partial charge on any atom is 0.138 e. The van der Waals surface area contributed by atoms with E-state index in [0.29, 0.717) is 5.02 Å². The summed E-state index contributed by atoms with van der Waals surface area (Å²) in [4.78, 5) is 12.5. The average molecular weight is 334 g/mol. The second-order valence-electron chi connectivity index (χ2n) is 5.90. The van der Waals surface area contributed by atoms with Crippen LogP contribution in [-0.2, 0) is 0 Å². The number of aromatic nitrogens is 3. The van der Waals surface area contributed by atoms with Gasteiger partial charge in [0.25, 0.3) is 0 Å². The summed E-state index contributed by atoms with van der Waals surface area (Å²) in [5.74, 6) is 0.873. The maximum absolute atomic E-state index is 6.22. The molecule has 0 spiro atoms. The number of benzene rings is 2. The lowest BCUT2D eigenvalue weighted by Gasteiger charge is -2.04. The zero-order valence-corrected chi connectivity index (χ0v) is 14.2. The van der Waals surface area contributed by atoms with Crippen molar-refractivity contribution < 1.29 is 0 Å². The fourth-order valence-electron chi connectivity index (χ4n) is 2.83. The minimum Gasteiger partial charge on any atom is -0.338 e. The molecule has 2 heterocycles. The molecule has 0 bridgehead atoms. The Kier molecular flexibility index (Phi) is 3.58. The summed E-state index contributed by atoms with van der Waals surface area (Å²) in [5, 5.41) is 0.653. The molecular weight excluding hydrogens is 318 g/mol. The molecule has 4 rings (SSSR count). The van der Waals surface area contributed by atoms with Gasteiger partial charge in [-0.25, -0.2) is 4.98 Å². The van der Waals surface area contributed by atoms with Gasteiger partial charge in [-0.2, -0.15) is 0 Å². The van der Waals surface area contributed by atoms with Gasteiger partial charge in [0.1, 0.15) is 5.82 Å². The van der Waals surface area contributed by atoms with Crippen LogP contribution in [0.15, 0.2) is 54.7 Å². The number of fused-ring (bicyclic) bond motifs is 1. The standard InChI is InChI=1S/C20H16ClN3/c1-12-5-10-17-18(13(12)2)24-20(23-17)15-8-6-14(7-9-15)19-16(21)4-3-11-22-19/h3-11H,1-2H3,(H,23,24). The normalized spacial score (nSPS) is 11.1. The topological polar surface area (TPSA) is 41.6 Å². The fraction of sp³-hybridized carbons (Fsp3) is 0.100. The first kappa shape index (κ1) is 14.9. The van der Waals surface area contributed by atoms with E-state index in [4.69, 9.17) is 16.6 Å². The molecule has 0 aliphatic heterocycles. The Balaban J connectivity index is 1.76. The molecule has 4 heteroatoms. The molecule has 0 fully saturated rings. The smallest absolute Gasteiger partial charge is 0.138 e. The monoisotopic (exact) mass is 333 g/mol. The first-order valence-electron chi connectivity index (χ1n) is 7.81. The van der Waals surface area contributed by atoms with Crippen molar-refractivity contribution in [3.63, 3.8) is 0 Å². The van der Waals surface area contributed by atoms with Crippen LogP contribution in [0.5, 0.6) is 0 Å². The van der Waals surface area contributed by atoms with Gasteiger partial charge < -0.3 is 4.98 Å². The fourth-order valence-corrected chi connectivity index (χ4v) is 3.06. The highest BCUT2D eigenvalue weighted by atomic mass is 35.5. The zero-order chi connectivity index (χ0) is 16.7. The largest absolute Gasteiger partial charge is 0.338 e. The Hall–Kier alpha value is -2.65. The molecule has 0 unspecified atom stereocenters. The molecule has 0 radical (unpaired) electrons. The third kappa shape index (κ3) is 2.47. The van der Waals surface area contributed by atoms with Crippen molar-refractivity contribution in [2.45, 2.75) is 13.8 Å². The number of H-pyrrole nitrogens is 1. The van der Waals surface area contributed by atoms with Crippen molar-refractivity contribution in [2.24, 2.45) is 0 Å². The van der Waals surface area contributed by atoms with Crippen molar-refractivity contribution in [1.29, 1.82) is 0 Å². The predicted octanol–water partition coefficient (Wildman–Crippen LogP) is 5.56. The van der Waals surface area contributed by atoms with E-state index in [1.807, 2.05) is 36.4 Å². The summed E-state index contributed by atoms with van der Waals surface area (Å²) < 4.78 is 0. The van der Waals surface area contributed by atoms with Gasteiger partial charge in [-0.05, 0) is 43.2 Å². The number of nitrogens with zero attached hydrogens (tertiary/aromatic N) is 2. The molecule has 0 amide bonds. The molecule has 2 aromatic heterocycles. The minimum atomic E-state index is 0.653. The average Bonchev–Trinajstić information content (AvgIpc) is 3.04. The summed E-state index contributed by atoms with van der Waals surface area (Å²) in [5.41, 5.74) is 7.38. The SMILES string of the molecule is Cc1ccc2[nH]c(-c3ccc(-c4ncccc4Cl)cc3)nc2c1C. The molecule has 1 N–H and O–H groups in total. The van der Waals surface area contributed by atoms with Crippen LogP contribution >= 0.6 is 11.6 Å². The van der Waals surface area contributed by atoms with Crippen molar-refractivity contribution in [3.05, 3.63) is 70.9 Å². The Morgan fingerprint density at radius 1 is 0.917 bits per heavy atom. The first-order valence-corrected chi connectivity index (χ1v) is 8.18. The third-order valence-electron chi connectivity index (χ3n) is 4.37. The molecule has 4 aromatic rings. The van der Waals surface area contributed by atoms with Crippen LogP contribution in [0.2, 0.25) is 5.02 Å². The molecule has 0 aliphatic rings. The maximum atomic E-state index is 6.22. The Morgan fingerprint density at radius 2 is 1.67 bits per heavy atom. The number of aromatic amines is 1. The second-order valence-corrected chi connectivity index (χ2v) is 6.31. The minimum absolute atomic E-state index is 0.653. The van der Waals surface area contributed by atoms with Crippen LogP contribution in [0.3, 0.4) is 0 Å². The summed E-state index contributed by atoms with van der Waals surface area (Å²) >= 11 is 6.22. The van der Waals surface area contributed by atoms with Crippen molar-refractivity contribution >= 4 is 22.6 Å². The highest BCUT2D eigenvalue weighted by Gasteiger charge is 2.10. The number of rotatable bonds is 2. The van der Waals surface area contributed by atoms with E-state index in [2.05, 4.69) is 35.9 Å². The van der Waals surface area contributed by atoms with E-state index in [1.54, 1.807) is 6.20 Å². The molecule has 2 aromatic carbocycles. The molecule has 118 valence electrons. The van der Waals surface area contributed by atoms with E-state index in [0.717, 1.165) is 33.7 Å². The molecular formula is C20H16ClN3. The number of imidazole rings is 1. The van der Waals surface area contributed by atoms with Gasteiger partial charge in [0.2, 0.25) is 0 Å². The Labute approximate surface area is 145 Å². The number of aryl methyl sites for hydroxylation is 2. The number of pyridine rings is 1. The number of halogens is 1. The van der Waals surface area contributed by atoms with E-state index in [9.17, 15) is 0 Å². The van der Waals surface area contributed by atoms with Crippen molar-refractivity contribution in [1.82, 2.24) is 15.0 Å². The van der Waals surface area contributed by atoms with Gasteiger partial charge in [0, 0.05) is 17.3 Å². The van der Waals surface area contributed by atoms with Gasteiger partial charge in [-0.15, -0.1) is 0 Å². The van der Waals surface area contributed by atoms with Crippen molar-refractivity contribution in [3.8, 4) is 22.6 Å². The molecule has 24 heavy (non-hydrogen) atoms. The number of nitrogens with one attached hydrogen (secondary N) is 1. The van der Waals surface area contributed by atoms with Crippen LogP contribution < -0.4 is 0 Å². The molecule has 0 aliphatic carbocycles. The molecule has 0 atom stereocenters. The molecule has 3 nitrogen and oxygen atoms in total. The lowest BCUT2D eigenvalue weighted by Crippen LogP contribution is -1.85. The van der Waals surface area contributed by atoms with Crippen LogP contribution in [0, 0.1) is 13.8 Å². The van der Waals surface area contributed by atoms with Crippen LogP contribution in [-0.4, -0.2) is 15.0 Å². The Morgan fingerprint density at radius 3 is 2.42 bits per heavy atom. The summed E-state index contributed by atoms with van der Waals surface area (Å²) in [6.45, 7) is 4.21. The predicted molar refractivity (Wildman–Crippen MR) is 99.2 cm³/mol. The lowest BCUT2D eigenvalue weighted by molar-refractivity contribution is 1.31. The third-order valence-corrected chi connectivity index (χ3v) is 4.67.